The van der Waals surface area contributed by atoms with Crippen LogP contribution in [-0.4, -0.2) is 36.9 Å². The molecule has 1 aromatic carbocycles. The molecule has 0 N–H and O–H groups in total. The molecule has 0 spiro atoms. The monoisotopic (exact) mass is 296 g/mol. The van der Waals surface area contributed by atoms with Gasteiger partial charge >= 0.3 is 0 Å². The fourth-order valence-corrected chi connectivity index (χ4v) is 2.30. The second-order valence-electron chi connectivity index (χ2n) is 4.31. The molecule has 0 radical (unpaired) electrons. The molecule has 2 rings (SSSR count). The van der Waals surface area contributed by atoms with Crippen molar-refractivity contribution in [2.75, 3.05) is 12.9 Å². The molecule has 0 aliphatic carbocycles. The molecule has 0 amide bonds. The topological polar surface area (TPSA) is 70.4 Å². The van der Waals surface area contributed by atoms with Crippen molar-refractivity contribution in [2.45, 2.75) is 12.6 Å². The Hall–Kier alpha value is -1.86. The van der Waals surface area contributed by atoms with Gasteiger partial charge in [0.1, 0.15) is 18.5 Å². The number of para-hydroxylation sites is 1. The van der Waals surface area contributed by atoms with E-state index in [1.54, 1.807) is 35.4 Å². The Morgan fingerprint density at radius 2 is 2.05 bits per heavy atom. The van der Waals surface area contributed by atoms with E-state index in [4.69, 9.17) is 8.92 Å². The first-order chi connectivity index (χ1) is 9.53. The zero-order chi connectivity index (χ0) is 14.4. The molecule has 6 nitrogen and oxygen atoms in total. The molecule has 0 unspecified atom stereocenters. The predicted molar refractivity (Wildman–Crippen MR) is 73.9 cm³/mol. The van der Waals surface area contributed by atoms with Crippen molar-refractivity contribution in [2.24, 2.45) is 0 Å². The summed E-state index contributed by atoms with van der Waals surface area (Å²) >= 11 is 0. The van der Waals surface area contributed by atoms with Gasteiger partial charge in [0.25, 0.3) is 10.1 Å². The Balaban J connectivity index is 1.99. The van der Waals surface area contributed by atoms with Crippen LogP contribution in [0.15, 0.2) is 49.1 Å². The van der Waals surface area contributed by atoms with Crippen molar-refractivity contribution in [3.63, 3.8) is 0 Å². The molecule has 0 fully saturated rings. The van der Waals surface area contributed by atoms with Crippen LogP contribution in [-0.2, 0) is 20.8 Å². The average molecular weight is 296 g/mol. The van der Waals surface area contributed by atoms with E-state index in [1.807, 2.05) is 18.2 Å². The molecular formula is C13H16N2O4S. The normalized spacial score (nSPS) is 13.1. The number of aromatic nitrogens is 2. The minimum absolute atomic E-state index is 0.134. The highest BCUT2D eigenvalue weighted by molar-refractivity contribution is 7.86. The smallest absolute Gasteiger partial charge is 0.264 e. The number of hydrogen-bond acceptors (Lipinski definition) is 5. The van der Waals surface area contributed by atoms with Crippen molar-refractivity contribution in [3.05, 3.63) is 49.1 Å². The standard InChI is InChI=1S/C13H16N2O4S/c1-20(16,17)19-13(9-15-8-7-14-11-15)10-18-12-5-3-2-4-6-12/h2-8,11,13H,9-10H2,1H3/t13-/m0/s1. The van der Waals surface area contributed by atoms with Gasteiger partial charge in [0.2, 0.25) is 0 Å². The van der Waals surface area contributed by atoms with Gasteiger partial charge in [-0.1, -0.05) is 18.2 Å². The van der Waals surface area contributed by atoms with Crippen LogP contribution in [0.3, 0.4) is 0 Å². The lowest BCUT2D eigenvalue weighted by molar-refractivity contribution is 0.120. The number of ether oxygens (including phenoxy) is 1. The highest BCUT2D eigenvalue weighted by Gasteiger charge is 2.17. The highest BCUT2D eigenvalue weighted by Crippen LogP contribution is 2.11. The lowest BCUT2D eigenvalue weighted by Crippen LogP contribution is -2.29. The average Bonchev–Trinajstić information content (AvgIpc) is 2.88. The summed E-state index contributed by atoms with van der Waals surface area (Å²) in [5, 5.41) is 0. The Kier molecular flexibility index (Phi) is 4.75. The fraction of sp³-hybridized carbons (Fsp3) is 0.308. The quantitative estimate of drug-likeness (QED) is 0.720. The maximum Gasteiger partial charge on any atom is 0.264 e. The van der Waals surface area contributed by atoms with Crippen molar-refractivity contribution >= 4 is 10.1 Å². The van der Waals surface area contributed by atoms with Gasteiger partial charge in [-0.2, -0.15) is 8.42 Å². The maximum absolute atomic E-state index is 11.3. The first-order valence-electron chi connectivity index (χ1n) is 6.05. The van der Waals surface area contributed by atoms with Gasteiger partial charge in [0.15, 0.2) is 0 Å². The lowest BCUT2D eigenvalue weighted by atomic mass is 10.3. The molecule has 108 valence electrons. The molecule has 0 saturated carbocycles. The second kappa shape index (κ2) is 6.53. The van der Waals surface area contributed by atoms with E-state index < -0.39 is 16.2 Å². The third-order valence-corrected chi connectivity index (χ3v) is 3.09. The first kappa shape index (κ1) is 14.5. The maximum atomic E-state index is 11.3. The molecule has 0 aliphatic heterocycles. The molecule has 0 saturated heterocycles. The zero-order valence-corrected chi connectivity index (χ0v) is 11.9. The van der Waals surface area contributed by atoms with Gasteiger partial charge in [-0.3, -0.25) is 4.18 Å². The van der Waals surface area contributed by atoms with Gasteiger partial charge in [0.05, 0.1) is 19.1 Å². The summed E-state index contributed by atoms with van der Waals surface area (Å²) in [5.41, 5.74) is 0. The van der Waals surface area contributed by atoms with Crippen LogP contribution in [0.2, 0.25) is 0 Å². The van der Waals surface area contributed by atoms with E-state index >= 15 is 0 Å². The second-order valence-corrected chi connectivity index (χ2v) is 5.91. The lowest BCUT2D eigenvalue weighted by Gasteiger charge is -2.17. The zero-order valence-electron chi connectivity index (χ0n) is 11.0. The van der Waals surface area contributed by atoms with E-state index in [2.05, 4.69) is 4.98 Å². The fourth-order valence-electron chi connectivity index (χ4n) is 1.69. The summed E-state index contributed by atoms with van der Waals surface area (Å²) < 4.78 is 34.9. The summed E-state index contributed by atoms with van der Waals surface area (Å²) in [7, 11) is -3.54. The van der Waals surface area contributed by atoms with E-state index in [0.717, 1.165) is 6.26 Å². The molecule has 20 heavy (non-hydrogen) atoms. The molecule has 1 heterocycles. The van der Waals surface area contributed by atoms with Gasteiger partial charge < -0.3 is 9.30 Å². The van der Waals surface area contributed by atoms with Crippen molar-refractivity contribution in [1.82, 2.24) is 9.55 Å². The minimum Gasteiger partial charge on any atom is -0.491 e. The Morgan fingerprint density at radius 1 is 1.30 bits per heavy atom. The third kappa shape index (κ3) is 5.02. The number of rotatable bonds is 7. The van der Waals surface area contributed by atoms with Gasteiger partial charge in [0, 0.05) is 12.4 Å². The van der Waals surface area contributed by atoms with Crippen molar-refractivity contribution < 1.29 is 17.3 Å². The minimum atomic E-state index is -3.54. The summed E-state index contributed by atoms with van der Waals surface area (Å²) in [6.45, 7) is 0.481. The van der Waals surface area contributed by atoms with Crippen LogP contribution >= 0.6 is 0 Å². The molecule has 1 aromatic heterocycles. The summed E-state index contributed by atoms with van der Waals surface area (Å²) in [6.07, 6.45) is 5.37. The number of nitrogens with zero attached hydrogens (tertiary/aromatic N) is 2. The molecule has 0 aliphatic rings. The summed E-state index contributed by atoms with van der Waals surface area (Å²) in [5.74, 6) is 0.667. The molecule has 7 heteroatoms. The predicted octanol–water partition coefficient (Wildman–Crippen LogP) is 1.31. The van der Waals surface area contributed by atoms with E-state index in [0.29, 0.717) is 12.3 Å². The van der Waals surface area contributed by atoms with E-state index in [-0.39, 0.29) is 6.61 Å². The number of hydrogen-bond donors (Lipinski definition) is 0. The van der Waals surface area contributed by atoms with Crippen LogP contribution in [0.25, 0.3) is 0 Å². The van der Waals surface area contributed by atoms with Crippen LogP contribution < -0.4 is 4.74 Å². The molecule has 2 aromatic rings. The van der Waals surface area contributed by atoms with E-state index in [1.165, 1.54) is 0 Å². The summed E-state index contributed by atoms with van der Waals surface area (Å²) in [4.78, 5) is 3.91. The van der Waals surface area contributed by atoms with E-state index in [9.17, 15) is 8.42 Å². The Morgan fingerprint density at radius 3 is 2.65 bits per heavy atom. The number of imidazole rings is 1. The van der Waals surface area contributed by atoms with Crippen LogP contribution in [0, 0.1) is 0 Å². The number of benzene rings is 1. The Bertz CT molecular complexity index is 611. The van der Waals surface area contributed by atoms with Crippen LogP contribution in [0.4, 0.5) is 0 Å². The SMILES string of the molecule is CS(=O)(=O)O[C@H](COc1ccccc1)Cn1ccnc1. The van der Waals surface area contributed by atoms with Gasteiger partial charge in [-0.05, 0) is 12.1 Å². The summed E-state index contributed by atoms with van der Waals surface area (Å²) in [6, 6.07) is 9.17. The van der Waals surface area contributed by atoms with Gasteiger partial charge in [-0.25, -0.2) is 4.98 Å². The molecule has 0 bridgehead atoms. The van der Waals surface area contributed by atoms with Crippen LogP contribution in [0.5, 0.6) is 5.75 Å². The van der Waals surface area contributed by atoms with Crippen LogP contribution in [0.1, 0.15) is 0 Å². The first-order valence-corrected chi connectivity index (χ1v) is 7.86. The largest absolute Gasteiger partial charge is 0.491 e. The highest BCUT2D eigenvalue weighted by atomic mass is 32.2. The molecular weight excluding hydrogens is 280 g/mol. The Labute approximate surface area is 118 Å². The third-order valence-electron chi connectivity index (χ3n) is 2.46. The molecule has 1 atom stereocenters. The van der Waals surface area contributed by atoms with Crippen molar-refractivity contribution in [1.29, 1.82) is 0 Å². The van der Waals surface area contributed by atoms with Gasteiger partial charge in [-0.15, -0.1) is 0 Å². The van der Waals surface area contributed by atoms with Crippen molar-refractivity contribution in [3.8, 4) is 5.75 Å².